The molecular weight excluding hydrogens is 190 g/mol. The first-order valence-corrected chi connectivity index (χ1v) is 5.30. The summed E-state index contributed by atoms with van der Waals surface area (Å²) in [4.78, 5) is 10.6. The van der Waals surface area contributed by atoms with Crippen molar-refractivity contribution in [3.63, 3.8) is 0 Å². The van der Waals surface area contributed by atoms with E-state index in [1.165, 1.54) is 4.31 Å². The van der Waals surface area contributed by atoms with E-state index in [4.69, 9.17) is 5.11 Å². The first-order chi connectivity index (χ1) is 5.76. The Hall–Kier alpha value is -0.260. The summed E-state index contributed by atoms with van der Waals surface area (Å²) in [5.74, 6) is -0.884. The summed E-state index contributed by atoms with van der Waals surface area (Å²) in [6.45, 7) is 7.30. The summed E-state index contributed by atoms with van der Waals surface area (Å²) in [5, 5.41) is 8.73. The van der Waals surface area contributed by atoms with Crippen molar-refractivity contribution in [2.45, 2.75) is 44.5 Å². The van der Waals surface area contributed by atoms with E-state index in [1.807, 2.05) is 20.8 Å². The van der Waals surface area contributed by atoms with E-state index < -0.39 is 23.4 Å². The zero-order chi connectivity index (χ0) is 10.4. The Balaban J connectivity index is 2.63. The van der Waals surface area contributed by atoms with Gasteiger partial charge in [-0.05, 0) is 27.7 Å². The van der Waals surface area contributed by atoms with Crippen LogP contribution in [0.15, 0.2) is 0 Å². The Kier molecular flexibility index (Phi) is 2.62. The van der Waals surface area contributed by atoms with E-state index in [0.29, 0.717) is 0 Å². The van der Waals surface area contributed by atoms with Crippen molar-refractivity contribution in [3.05, 3.63) is 0 Å². The molecule has 0 bridgehead atoms. The Morgan fingerprint density at radius 3 is 2.23 bits per heavy atom. The van der Waals surface area contributed by atoms with Gasteiger partial charge in [-0.2, -0.15) is 0 Å². The molecule has 1 aliphatic heterocycles. The van der Waals surface area contributed by atoms with Crippen LogP contribution in [0.4, 0.5) is 0 Å². The van der Waals surface area contributed by atoms with Gasteiger partial charge < -0.3 is 9.66 Å². The number of hydrogen-bond donors (Lipinski definition) is 1. The molecule has 1 fully saturated rings. The minimum absolute atomic E-state index is 0.0995. The van der Waals surface area contributed by atoms with Crippen LogP contribution in [0.1, 0.15) is 27.7 Å². The van der Waals surface area contributed by atoms with Crippen LogP contribution in [0.3, 0.4) is 0 Å². The second-order valence-corrected chi connectivity index (χ2v) is 6.39. The minimum Gasteiger partial charge on any atom is -0.597 e. The predicted molar refractivity (Wildman–Crippen MR) is 50.6 cm³/mol. The Bertz CT molecular complexity index is 226. The number of carbonyl (C=O) groups is 1. The van der Waals surface area contributed by atoms with Crippen LogP contribution in [-0.4, -0.2) is 36.8 Å². The maximum absolute atomic E-state index is 11.7. The second kappa shape index (κ2) is 3.15. The lowest BCUT2D eigenvalue weighted by molar-refractivity contribution is -0.136. The fourth-order valence-corrected chi connectivity index (χ4v) is 2.68. The summed E-state index contributed by atoms with van der Waals surface area (Å²) in [6, 6.07) is -0.655. The van der Waals surface area contributed by atoms with Crippen LogP contribution in [0.5, 0.6) is 0 Å². The van der Waals surface area contributed by atoms with Gasteiger partial charge in [0.1, 0.15) is 4.75 Å². The van der Waals surface area contributed by atoms with Crippen LogP contribution < -0.4 is 0 Å². The third-order valence-corrected chi connectivity index (χ3v) is 4.00. The minimum atomic E-state index is -1.21. The van der Waals surface area contributed by atoms with Crippen LogP contribution in [0.2, 0.25) is 0 Å². The van der Waals surface area contributed by atoms with E-state index in [-0.39, 0.29) is 10.8 Å². The second-order valence-electron chi connectivity index (χ2n) is 4.25. The number of carboxylic acid groups (broad SMARTS) is 1. The molecule has 76 valence electrons. The molecule has 2 unspecified atom stereocenters. The van der Waals surface area contributed by atoms with Gasteiger partial charge in [-0.1, -0.05) is 0 Å². The molecule has 13 heavy (non-hydrogen) atoms. The molecule has 0 spiro atoms. The standard InChI is InChI=1S/C8H15NO3S/c1-5-6(7(10)11)9(5)13(12)8(2,3)4/h5-6H,1-4H3,(H,10,11)/t5-,6-,9?,13?/m0/s1. The van der Waals surface area contributed by atoms with Crippen LogP contribution in [0, 0.1) is 0 Å². The quantitative estimate of drug-likeness (QED) is 0.530. The van der Waals surface area contributed by atoms with Crippen molar-refractivity contribution >= 4 is 17.3 Å². The normalized spacial score (nSPS) is 35.6. The lowest BCUT2D eigenvalue weighted by Gasteiger charge is -2.24. The highest BCUT2D eigenvalue weighted by atomic mass is 32.2. The van der Waals surface area contributed by atoms with Crippen LogP contribution >= 0.6 is 0 Å². The smallest absolute Gasteiger partial charge is 0.327 e. The van der Waals surface area contributed by atoms with Gasteiger partial charge in [-0.3, -0.25) is 4.79 Å². The van der Waals surface area contributed by atoms with Crippen molar-refractivity contribution in [3.8, 4) is 0 Å². The van der Waals surface area contributed by atoms with Gasteiger partial charge in [0.15, 0.2) is 6.04 Å². The fraction of sp³-hybridized carbons (Fsp3) is 0.875. The number of aliphatic carboxylic acids is 1. The van der Waals surface area contributed by atoms with Crippen molar-refractivity contribution in [1.82, 2.24) is 4.31 Å². The average Bonchev–Trinajstić information content (AvgIpc) is 2.57. The summed E-state index contributed by atoms with van der Waals surface area (Å²) < 4.78 is 12.9. The van der Waals surface area contributed by atoms with Gasteiger partial charge in [0.05, 0.1) is 6.04 Å². The first-order valence-electron chi connectivity index (χ1n) is 4.20. The van der Waals surface area contributed by atoms with Crippen molar-refractivity contribution in [1.29, 1.82) is 0 Å². The van der Waals surface area contributed by atoms with Crippen molar-refractivity contribution < 1.29 is 14.5 Å². The number of nitrogens with zero attached hydrogens (tertiary/aromatic N) is 1. The van der Waals surface area contributed by atoms with Crippen molar-refractivity contribution in [2.75, 3.05) is 0 Å². The van der Waals surface area contributed by atoms with Gasteiger partial charge in [-0.15, -0.1) is 4.31 Å². The van der Waals surface area contributed by atoms with Gasteiger partial charge in [-0.25, -0.2) is 0 Å². The molecule has 1 saturated heterocycles. The monoisotopic (exact) mass is 205 g/mol. The molecule has 4 nitrogen and oxygen atoms in total. The Morgan fingerprint density at radius 1 is 1.54 bits per heavy atom. The van der Waals surface area contributed by atoms with E-state index in [9.17, 15) is 9.35 Å². The van der Waals surface area contributed by atoms with Gasteiger partial charge in [0.2, 0.25) is 0 Å². The highest BCUT2D eigenvalue weighted by Crippen LogP contribution is 2.37. The number of rotatable bonds is 2. The average molecular weight is 205 g/mol. The molecule has 0 aromatic carbocycles. The summed E-state index contributed by atoms with van der Waals surface area (Å²) in [7, 11) is 0. The lowest BCUT2D eigenvalue weighted by Crippen LogP contribution is -2.35. The van der Waals surface area contributed by atoms with Crippen molar-refractivity contribution in [2.24, 2.45) is 0 Å². The largest absolute Gasteiger partial charge is 0.597 e. The fourth-order valence-electron chi connectivity index (χ4n) is 1.21. The van der Waals surface area contributed by atoms with Gasteiger partial charge in [0, 0.05) is 11.4 Å². The molecule has 0 aromatic rings. The molecule has 4 atom stereocenters. The van der Waals surface area contributed by atoms with Crippen LogP contribution in [-0.2, 0) is 16.2 Å². The molecule has 0 amide bonds. The predicted octanol–water partition coefficient (Wildman–Crippen LogP) is 0.606. The first kappa shape index (κ1) is 10.8. The molecule has 0 aliphatic carbocycles. The lowest BCUT2D eigenvalue weighted by atomic mass is 10.3. The maximum Gasteiger partial charge on any atom is 0.327 e. The SMILES string of the molecule is C[C@H]1[C@@H](C(=O)O)N1[S+]([O-])C(C)(C)C. The number of hydrogen-bond acceptors (Lipinski definition) is 3. The Morgan fingerprint density at radius 2 is 2.00 bits per heavy atom. The maximum atomic E-state index is 11.7. The van der Waals surface area contributed by atoms with Gasteiger partial charge >= 0.3 is 5.97 Å². The summed E-state index contributed by atoms with van der Waals surface area (Å²) in [6.07, 6.45) is 0. The Labute approximate surface area is 81.2 Å². The third-order valence-electron chi connectivity index (χ3n) is 2.01. The summed E-state index contributed by atoms with van der Waals surface area (Å²) >= 11 is -1.21. The van der Waals surface area contributed by atoms with Crippen LogP contribution in [0.25, 0.3) is 0 Å². The van der Waals surface area contributed by atoms with E-state index in [1.54, 1.807) is 6.92 Å². The zero-order valence-electron chi connectivity index (χ0n) is 8.27. The van der Waals surface area contributed by atoms with E-state index in [0.717, 1.165) is 0 Å². The molecular formula is C8H15NO3S. The molecule has 1 heterocycles. The topological polar surface area (TPSA) is 63.4 Å². The molecule has 0 saturated carbocycles. The highest BCUT2D eigenvalue weighted by molar-refractivity contribution is 7.90. The zero-order valence-corrected chi connectivity index (χ0v) is 9.09. The molecule has 1 N–H and O–H groups in total. The molecule has 1 aliphatic rings. The highest BCUT2D eigenvalue weighted by Gasteiger charge is 2.60. The summed E-state index contributed by atoms with van der Waals surface area (Å²) in [5.41, 5.74) is 0. The van der Waals surface area contributed by atoms with E-state index >= 15 is 0 Å². The molecule has 0 radical (unpaired) electrons. The molecule has 5 heteroatoms. The van der Waals surface area contributed by atoms with Gasteiger partial charge in [0.25, 0.3) is 0 Å². The molecule has 0 aromatic heterocycles. The third kappa shape index (κ3) is 1.98. The molecule has 1 rings (SSSR count). The number of carboxylic acids is 1. The van der Waals surface area contributed by atoms with E-state index in [2.05, 4.69) is 0 Å².